The van der Waals surface area contributed by atoms with Crippen molar-refractivity contribution in [3.63, 3.8) is 0 Å². The average molecular weight is 376 g/mol. The van der Waals surface area contributed by atoms with E-state index in [4.69, 9.17) is 0 Å². The summed E-state index contributed by atoms with van der Waals surface area (Å²) in [5, 5.41) is 7.22. The Morgan fingerprint density at radius 1 is 1.15 bits per heavy atom. The van der Waals surface area contributed by atoms with E-state index in [1.54, 1.807) is 0 Å². The first kappa shape index (κ1) is 17.4. The molecule has 6 heteroatoms. The fourth-order valence-corrected chi connectivity index (χ4v) is 3.73. The van der Waals surface area contributed by atoms with Gasteiger partial charge in [0.25, 0.3) is 0 Å². The summed E-state index contributed by atoms with van der Waals surface area (Å²) >= 11 is 1.53. The number of hydrazone groups is 1. The number of nitrogens with zero attached hydrogens (tertiary/aromatic N) is 3. The number of thiazole rings is 1. The van der Waals surface area contributed by atoms with Gasteiger partial charge in [-0.2, -0.15) is 5.10 Å². The van der Waals surface area contributed by atoms with Gasteiger partial charge < -0.3 is 4.90 Å². The summed E-state index contributed by atoms with van der Waals surface area (Å²) in [7, 11) is 0. The molecule has 0 saturated carbocycles. The molecule has 0 unspecified atom stereocenters. The number of carbonyl (C=O) groups is 1. The Bertz CT molecular complexity index is 963. The monoisotopic (exact) mass is 376 g/mol. The summed E-state index contributed by atoms with van der Waals surface area (Å²) < 4.78 is 0. The molecule has 0 bridgehead atoms. The minimum Gasteiger partial charge on any atom is -0.312 e. The van der Waals surface area contributed by atoms with Gasteiger partial charge in [-0.1, -0.05) is 42.5 Å². The molecule has 1 aliphatic heterocycles. The molecule has 1 N–H and O–H groups in total. The zero-order valence-corrected chi connectivity index (χ0v) is 15.9. The molecule has 3 aromatic rings. The molecule has 0 aliphatic carbocycles. The molecule has 0 atom stereocenters. The van der Waals surface area contributed by atoms with Gasteiger partial charge in [-0.3, -0.25) is 10.2 Å². The zero-order valence-electron chi connectivity index (χ0n) is 15.1. The van der Waals surface area contributed by atoms with E-state index in [1.807, 2.05) is 71.8 Å². The molecule has 136 valence electrons. The first-order valence-electron chi connectivity index (χ1n) is 8.93. The SMILES string of the molecule is C/C(=N/Nc1nc(-c2ccccc2)cs1)c1ccc(N2CCCC2=O)cc1. The second kappa shape index (κ2) is 7.72. The first-order chi connectivity index (χ1) is 13.2. The van der Waals surface area contributed by atoms with Crippen molar-refractivity contribution in [1.82, 2.24) is 4.98 Å². The smallest absolute Gasteiger partial charge is 0.227 e. The van der Waals surface area contributed by atoms with Gasteiger partial charge in [0, 0.05) is 29.6 Å². The third-order valence-corrected chi connectivity index (χ3v) is 5.31. The molecule has 1 aliphatic rings. The molecule has 27 heavy (non-hydrogen) atoms. The van der Waals surface area contributed by atoms with Gasteiger partial charge >= 0.3 is 0 Å². The summed E-state index contributed by atoms with van der Waals surface area (Å²) in [4.78, 5) is 18.3. The van der Waals surface area contributed by atoms with Gasteiger partial charge in [0.05, 0.1) is 11.4 Å². The van der Waals surface area contributed by atoms with Crippen LogP contribution in [0.15, 0.2) is 65.1 Å². The standard InChI is InChI=1S/C21H20N4OS/c1-15(16-9-11-18(12-10-16)25-13-5-8-20(25)26)23-24-21-22-19(14-27-21)17-6-3-2-4-7-17/h2-4,6-7,9-12,14H,5,8,13H2,1H3,(H,22,24)/b23-15-. The maximum absolute atomic E-state index is 11.8. The van der Waals surface area contributed by atoms with E-state index in [0.717, 1.165) is 46.3 Å². The summed E-state index contributed by atoms with van der Waals surface area (Å²) in [5.74, 6) is 0.202. The van der Waals surface area contributed by atoms with Crippen molar-refractivity contribution in [2.24, 2.45) is 5.10 Å². The lowest BCUT2D eigenvalue weighted by atomic mass is 10.1. The molecule has 2 aromatic carbocycles. The van der Waals surface area contributed by atoms with Gasteiger partial charge in [0.2, 0.25) is 11.0 Å². The van der Waals surface area contributed by atoms with Crippen LogP contribution in [0.1, 0.15) is 25.3 Å². The Kier molecular flexibility index (Phi) is 4.98. The fraction of sp³-hybridized carbons (Fsp3) is 0.190. The number of hydrogen-bond donors (Lipinski definition) is 1. The predicted molar refractivity (Wildman–Crippen MR) is 111 cm³/mol. The van der Waals surface area contributed by atoms with Crippen LogP contribution in [0.4, 0.5) is 10.8 Å². The van der Waals surface area contributed by atoms with Crippen LogP contribution in [-0.2, 0) is 4.79 Å². The van der Waals surface area contributed by atoms with E-state index in [0.29, 0.717) is 6.42 Å². The maximum atomic E-state index is 11.8. The number of aromatic nitrogens is 1. The molecule has 5 nitrogen and oxygen atoms in total. The van der Waals surface area contributed by atoms with E-state index < -0.39 is 0 Å². The number of amides is 1. The molecule has 1 fully saturated rings. The number of rotatable bonds is 5. The third kappa shape index (κ3) is 3.90. The van der Waals surface area contributed by atoms with Crippen LogP contribution >= 0.6 is 11.3 Å². The molecular weight excluding hydrogens is 356 g/mol. The van der Waals surface area contributed by atoms with Gasteiger partial charge in [0.1, 0.15) is 0 Å². The van der Waals surface area contributed by atoms with Gasteiger partial charge in [-0.15, -0.1) is 11.3 Å². The van der Waals surface area contributed by atoms with E-state index >= 15 is 0 Å². The second-order valence-corrected chi connectivity index (χ2v) is 7.27. The normalized spacial score (nSPS) is 14.6. The molecule has 1 aromatic heterocycles. The van der Waals surface area contributed by atoms with Crippen molar-refractivity contribution in [1.29, 1.82) is 0 Å². The van der Waals surface area contributed by atoms with E-state index in [1.165, 1.54) is 11.3 Å². The quantitative estimate of drug-likeness (QED) is 0.515. The first-order valence-corrected chi connectivity index (χ1v) is 9.81. The van der Waals surface area contributed by atoms with Crippen molar-refractivity contribution in [2.75, 3.05) is 16.9 Å². The van der Waals surface area contributed by atoms with Crippen LogP contribution < -0.4 is 10.3 Å². The molecule has 1 amide bonds. The number of nitrogens with one attached hydrogen (secondary N) is 1. The Labute approximate surface area is 162 Å². The molecule has 4 rings (SSSR count). The molecule has 1 saturated heterocycles. The van der Waals surface area contributed by atoms with Crippen molar-refractivity contribution in [2.45, 2.75) is 19.8 Å². The molecule has 0 radical (unpaired) electrons. The largest absolute Gasteiger partial charge is 0.312 e. The summed E-state index contributed by atoms with van der Waals surface area (Å²) in [6.45, 7) is 2.76. The van der Waals surface area contributed by atoms with Crippen LogP contribution in [0, 0.1) is 0 Å². The molecular formula is C21H20N4OS. The van der Waals surface area contributed by atoms with E-state index in [-0.39, 0.29) is 5.91 Å². The van der Waals surface area contributed by atoms with Crippen molar-refractivity contribution >= 4 is 33.8 Å². The summed E-state index contributed by atoms with van der Waals surface area (Å²) in [5.41, 5.74) is 7.90. The summed E-state index contributed by atoms with van der Waals surface area (Å²) in [6.07, 6.45) is 1.58. The topological polar surface area (TPSA) is 57.6 Å². The lowest BCUT2D eigenvalue weighted by Crippen LogP contribution is -2.23. The number of carbonyl (C=O) groups excluding carboxylic acids is 1. The summed E-state index contributed by atoms with van der Waals surface area (Å²) in [6, 6.07) is 18.0. The third-order valence-electron chi connectivity index (χ3n) is 4.56. The van der Waals surface area contributed by atoms with Gasteiger partial charge in [-0.25, -0.2) is 4.98 Å². The molecule has 2 heterocycles. The Morgan fingerprint density at radius 3 is 2.63 bits per heavy atom. The highest BCUT2D eigenvalue weighted by Gasteiger charge is 2.21. The minimum atomic E-state index is 0.202. The fourth-order valence-electron chi connectivity index (χ4n) is 3.07. The predicted octanol–water partition coefficient (Wildman–Crippen LogP) is 4.77. The highest BCUT2D eigenvalue weighted by Crippen LogP contribution is 2.25. The minimum absolute atomic E-state index is 0.202. The Balaban J connectivity index is 1.44. The highest BCUT2D eigenvalue weighted by molar-refractivity contribution is 7.14. The van der Waals surface area contributed by atoms with Crippen molar-refractivity contribution in [3.05, 3.63) is 65.5 Å². The second-order valence-electron chi connectivity index (χ2n) is 6.41. The Morgan fingerprint density at radius 2 is 1.93 bits per heavy atom. The maximum Gasteiger partial charge on any atom is 0.227 e. The van der Waals surface area contributed by atoms with E-state index in [9.17, 15) is 4.79 Å². The van der Waals surface area contributed by atoms with Crippen molar-refractivity contribution < 1.29 is 4.79 Å². The van der Waals surface area contributed by atoms with Crippen LogP contribution in [0.3, 0.4) is 0 Å². The number of hydrogen-bond acceptors (Lipinski definition) is 5. The Hall–Kier alpha value is -2.99. The number of benzene rings is 2. The van der Waals surface area contributed by atoms with E-state index in [2.05, 4.69) is 15.5 Å². The average Bonchev–Trinajstić information content (AvgIpc) is 3.36. The van der Waals surface area contributed by atoms with Gasteiger partial charge in [-0.05, 0) is 31.0 Å². The lowest BCUT2D eigenvalue weighted by Gasteiger charge is -2.15. The van der Waals surface area contributed by atoms with Crippen molar-refractivity contribution in [3.8, 4) is 11.3 Å². The van der Waals surface area contributed by atoms with Crippen LogP contribution in [0.25, 0.3) is 11.3 Å². The zero-order chi connectivity index (χ0) is 18.6. The lowest BCUT2D eigenvalue weighted by molar-refractivity contribution is -0.117. The van der Waals surface area contributed by atoms with Crippen LogP contribution in [0.5, 0.6) is 0 Å². The van der Waals surface area contributed by atoms with Crippen LogP contribution in [0.2, 0.25) is 0 Å². The number of anilines is 2. The highest BCUT2D eigenvalue weighted by atomic mass is 32.1. The van der Waals surface area contributed by atoms with Crippen LogP contribution in [-0.4, -0.2) is 23.1 Å². The van der Waals surface area contributed by atoms with Gasteiger partial charge in [0.15, 0.2) is 0 Å². The molecule has 0 spiro atoms.